The van der Waals surface area contributed by atoms with Crippen molar-refractivity contribution in [1.29, 1.82) is 0 Å². The molecule has 0 aliphatic carbocycles. The maximum Gasteiger partial charge on any atom is 0.254 e. The first-order valence-corrected chi connectivity index (χ1v) is 10.0. The number of thiazole rings is 1. The number of carbonyl (C=O) groups excluding carboxylic acids is 2. The van der Waals surface area contributed by atoms with Crippen LogP contribution in [0.4, 0.5) is 0 Å². The molecule has 0 spiro atoms. The van der Waals surface area contributed by atoms with E-state index in [4.69, 9.17) is 4.74 Å². The molecule has 0 N–H and O–H groups in total. The van der Waals surface area contributed by atoms with Gasteiger partial charge in [0.2, 0.25) is 5.91 Å². The number of carbonyl (C=O) groups is 2. The molecule has 0 bridgehead atoms. The number of unbranched alkanes of at least 4 members (excludes halogenated alkanes) is 1. The molecule has 0 radical (unpaired) electrons. The Labute approximate surface area is 163 Å². The number of rotatable bonds is 6. The summed E-state index contributed by atoms with van der Waals surface area (Å²) in [5.74, 6) is 0.0702. The minimum Gasteiger partial charge on any atom is -0.497 e. The summed E-state index contributed by atoms with van der Waals surface area (Å²) in [6, 6.07) is 7.33. The quantitative estimate of drug-likeness (QED) is 0.766. The number of amides is 2. The summed E-state index contributed by atoms with van der Waals surface area (Å²) >= 11 is 1.41. The van der Waals surface area contributed by atoms with Gasteiger partial charge < -0.3 is 14.2 Å². The van der Waals surface area contributed by atoms with Gasteiger partial charge in [0.05, 0.1) is 19.1 Å². The molecule has 0 saturated carbocycles. The van der Waals surface area contributed by atoms with Crippen LogP contribution in [0.25, 0.3) is 0 Å². The summed E-state index contributed by atoms with van der Waals surface area (Å²) in [5, 5.41) is 1.89. The molecule has 1 aliphatic rings. The Morgan fingerprint density at radius 3 is 2.67 bits per heavy atom. The summed E-state index contributed by atoms with van der Waals surface area (Å²) in [4.78, 5) is 32.4. The molecule has 0 unspecified atom stereocenters. The Bertz CT molecular complexity index is 869. The van der Waals surface area contributed by atoms with E-state index in [0.717, 1.165) is 24.2 Å². The lowest BCUT2D eigenvalue weighted by Gasteiger charge is -2.27. The first-order chi connectivity index (χ1) is 13.0. The molecule has 1 aromatic heterocycles. The predicted molar refractivity (Wildman–Crippen MR) is 104 cm³/mol. The third kappa shape index (κ3) is 4.13. The van der Waals surface area contributed by atoms with E-state index in [9.17, 15) is 9.59 Å². The molecule has 3 rings (SSSR count). The molecule has 1 saturated heterocycles. The van der Waals surface area contributed by atoms with Crippen molar-refractivity contribution in [3.05, 3.63) is 46.2 Å². The SMILES string of the molecule is CCCCN1C(=O)C[C@@H](C(=O)N=c2sccn2C)[C@@H]1c1ccc(OC)cc1. The number of methoxy groups -OCH3 is 1. The van der Waals surface area contributed by atoms with Crippen LogP contribution in [-0.4, -0.2) is 34.9 Å². The number of likely N-dealkylation sites (tertiary alicyclic amines) is 1. The van der Waals surface area contributed by atoms with Crippen LogP contribution in [0.1, 0.15) is 37.8 Å². The van der Waals surface area contributed by atoms with Crippen LogP contribution in [0.5, 0.6) is 5.75 Å². The normalized spacial score (nSPS) is 20.3. The van der Waals surface area contributed by atoms with Crippen molar-refractivity contribution in [2.45, 2.75) is 32.2 Å². The second-order valence-electron chi connectivity index (χ2n) is 6.72. The Morgan fingerprint density at radius 2 is 2.07 bits per heavy atom. The fraction of sp³-hybridized carbons (Fsp3) is 0.450. The lowest BCUT2D eigenvalue weighted by Crippen LogP contribution is -2.31. The average Bonchev–Trinajstić information content (AvgIpc) is 3.23. The van der Waals surface area contributed by atoms with Crippen LogP contribution in [0.3, 0.4) is 0 Å². The standard InChI is InChI=1S/C20H25N3O3S/c1-4-5-10-23-17(24)13-16(19(25)21-20-22(2)11-12-27-20)18(23)14-6-8-15(26-3)9-7-14/h6-9,11-12,16,18H,4-5,10,13H2,1-3H3/t16-,18+/m1/s1. The Morgan fingerprint density at radius 1 is 1.33 bits per heavy atom. The van der Waals surface area contributed by atoms with E-state index in [2.05, 4.69) is 11.9 Å². The van der Waals surface area contributed by atoms with E-state index in [1.807, 2.05) is 52.4 Å². The summed E-state index contributed by atoms with van der Waals surface area (Å²) in [6.45, 7) is 2.75. The van der Waals surface area contributed by atoms with Gasteiger partial charge >= 0.3 is 0 Å². The van der Waals surface area contributed by atoms with Gasteiger partial charge in [-0.3, -0.25) is 9.59 Å². The topological polar surface area (TPSA) is 63.9 Å². The molecule has 27 heavy (non-hydrogen) atoms. The lowest BCUT2D eigenvalue weighted by atomic mass is 9.93. The van der Waals surface area contributed by atoms with Gasteiger partial charge in [0.15, 0.2) is 4.80 Å². The Hall–Kier alpha value is -2.41. The number of hydrogen-bond acceptors (Lipinski definition) is 4. The van der Waals surface area contributed by atoms with Crippen molar-refractivity contribution in [2.75, 3.05) is 13.7 Å². The van der Waals surface area contributed by atoms with Gasteiger partial charge in [0.25, 0.3) is 5.91 Å². The van der Waals surface area contributed by atoms with Gasteiger partial charge in [-0.25, -0.2) is 0 Å². The van der Waals surface area contributed by atoms with Crippen LogP contribution < -0.4 is 9.54 Å². The van der Waals surface area contributed by atoms with Crippen molar-refractivity contribution in [2.24, 2.45) is 18.0 Å². The third-order valence-corrected chi connectivity index (χ3v) is 5.77. The molecule has 1 aliphatic heterocycles. The van der Waals surface area contributed by atoms with Crippen molar-refractivity contribution in [3.63, 3.8) is 0 Å². The number of aromatic nitrogens is 1. The smallest absolute Gasteiger partial charge is 0.254 e. The van der Waals surface area contributed by atoms with E-state index in [0.29, 0.717) is 11.3 Å². The molecule has 7 heteroatoms. The van der Waals surface area contributed by atoms with Gasteiger partial charge in [-0.15, -0.1) is 11.3 Å². The fourth-order valence-electron chi connectivity index (χ4n) is 3.43. The van der Waals surface area contributed by atoms with Gasteiger partial charge in [-0.05, 0) is 24.1 Å². The molecule has 2 amide bonds. The first-order valence-electron chi connectivity index (χ1n) is 9.17. The van der Waals surface area contributed by atoms with E-state index >= 15 is 0 Å². The van der Waals surface area contributed by atoms with E-state index < -0.39 is 5.92 Å². The third-order valence-electron chi connectivity index (χ3n) is 4.92. The van der Waals surface area contributed by atoms with Crippen molar-refractivity contribution >= 4 is 23.2 Å². The van der Waals surface area contributed by atoms with Gasteiger partial charge in [-0.2, -0.15) is 4.99 Å². The van der Waals surface area contributed by atoms with Crippen LogP contribution in [0, 0.1) is 5.92 Å². The van der Waals surface area contributed by atoms with Crippen molar-refractivity contribution in [1.82, 2.24) is 9.47 Å². The Kier molecular flexibility index (Phi) is 6.11. The number of nitrogens with zero attached hydrogens (tertiary/aromatic N) is 3. The highest BCUT2D eigenvalue weighted by atomic mass is 32.1. The molecule has 2 atom stereocenters. The zero-order valence-electron chi connectivity index (χ0n) is 15.9. The number of aryl methyl sites for hydroxylation is 1. The first kappa shape index (κ1) is 19.4. The molecular formula is C20H25N3O3S. The molecule has 2 heterocycles. The van der Waals surface area contributed by atoms with Crippen molar-refractivity contribution in [3.8, 4) is 5.75 Å². The van der Waals surface area contributed by atoms with E-state index in [1.165, 1.54) is 11.3 Å². The molecule has 1 aromatic carbocycles. The summed E-state index contributed by atoms with van der Waals surface area (Å²) in [7, 11) is 3.48. The lowest BCUT2D eigenvalue weighted by molar-refractivity contribution is -0.129. The zero-order valence-corrected chi connectivity index (χ0v) is 16.7. The van der Waals surface area contributed by atoms with Crippen LogP contribution in [0.15, 0.2) is 40.8 Å². The van der Waals surface area contributed by atoms with Gasteiger partial charge in [0.1, 0.15) is 5.75 Å². The number of hydrogen-bond donors (Lipinski definition) is 0. The maximum absolute atomic E-state index is 13.0. The minimum absolute atomic E-state index is 0.0216. The monoisotopic (exact) mass is 387 g/mol. The highest BCUT2D eigenvalue weighted by Crippen LogP contribution is 2.39. The van der Waals surface area contributed by atoms with Gasteiger partial charge in [-0.1, -0.05) is 25.5 Å². The summed E-state index contributed by atoms with van der Waals surface area (Å²) in [6.07, 6.45) is 3.98. The predicted octanol–water partition coefficient (Wildman–Crippen LogP) is 2.91. The van der Waals surface area contributed by atoms with E-state index in [-0.39, 0.29) is 24.3 Å². The van der Waals surface area contributed by atoms with Gasteiger partial charge in [0, 0.05) is 31.6 Å². The molecule has 2 aromatic rings. The number of ether oxygens (including phenoxy) is 1. The minimum atomic E-state index is -0.468. The highest BCUT2D eigenvalue weighted by molar-refractivity contribution is 7.07. The average molecular weight is 388 g/mol. The second-order valence-corrected chi connectivity index (χ2v) is 7.59. The molecular weight excluding hydrogens is 362 g/mol. The second kappa shape index (κ2) is 8.52. The van der Waals surface area contributed by atoms with Crippen LogP contribution in [-0.2, 0) is 16.6 Å². The van der Waals surface area contributed by atoms with Crippen LogP contribution >= 0.6 is 11.3 Å². The molecule has 6 nitrogen and oxygen atoms in total. The Balaban J connectivity index is 1.96. The van der Waals surface area contributed by atoms with E-state index in [1.54, 1.807) is 7.11 Å². The van der Waals surface area contributed by atoms with Crippen molar-refractivity contribution < 1.29 is 14.3 Å². The summed E-state index contributed by atoms with van der Waals surface area (Å²) < 4.78 is 7.05. The molecule has 144 valence electrons. The maximum atomic E-state index is 13.0. The fourth-order valence-corrected chi connectivity index (χ4v) is 4.16. The zero-order chi connectivity index (χ0) is 19.4. The van der Waals surface area contributed by atoms with Crippen LogP contribution in [0.2, 0.25) is 0 Å². The molecule has 1 fully saturated rings. The number of benzene rings is 1. The largest absolute Gasteiger partial charge is 0.497 e. The highest BCUT2D eigenvalue weighted by Gasteiger charge is 2.44. The summed E-state index contributed by atoms with van der Waals surface area (Å²) in [5.41, 5.74) is 0.946.